The van der Waals surface area contributed by atoms with E-state index in [0.29, 0.717) is 6.01 Å². The second kappa shape index (κ2) is 7.56. The van der Waals surface area contributed by atoms with Crippen LogP contribution in [0, 0.1) is 0 Å². The zero-order chi connectivity index (χ0) is 15.2. The SMILES string of the molecule is Clc1ccc(CCN2CCC(Oc3ncccn3)CC2)cc1. The highest BCUT2D eigenvalue weighted by Gasteiger charge is 2.20. The molecule has 0 saturated carbocycles. The minimum atomic E-state index is 0.231. The Labute approximate surface area is 136 Å². The molecule has 0 aliphatic carbocycles. The Balaban J connectivity index is 1.41. The molecule has 0 atom stereocenters. The van der Waals surface area contributed by atoms with E-state index in [1.54, 1.807) is 18.5 Å². The van der Waals surface area contributed by atoms with Crippen LogP contribution in [0.15, 0.2) is 42.7 Å². The summed E-state index contributed by atoms with van der Waals surface area (Å²) in [6.45, 7) is 3.20. The molecule has 5 heteroatoms. The maximum atomic E-state index is 5.91. The van der Waals surface area contributed by atoms with Crippen LogP contribution in [0.25, 0.3) is 0 Å². The van der Waals surface area contributed by atoms with Gasteiger partial charge in [0.2, 0.25) is 0 Å². The van der Waals surface area contributed by atoms with Gasteiger partial charge in [-0.25, -0.2) is 9.97 Å². The van der Waals surface area contributed by atoms with E-state index in [0.717, 1.165) is 43.9 Å². The summed E-state index contributed by atoms with van der Waals surface area (Å²) in [5.41, 5.74) is 1.33. The predicted molar refractivity (Wildman–Crippen MR) is 87.3 cm³/mol. The minimum absolute atomic E-state index is 0.231. The number of piperidine rings is 1. The molecule has 0 amide bonds. The summed E-state index contributed by atoms with van der Waals surface area (Å²) in [7, 11) is 0. The van der Waals surface area contributed by atoms with Crippen molar-refractivity contribution in [1.29, 1.82) is 0 Å². The summed E-state index contributed by atoms with van der Waals surface area (Å²) in [5, 5.41) is 0.796. The number of benzene rings is 1. The Kier molecular flexibility index (Phi) is 5.24. The van der Waals surface area contributed by atoms with E-state index >= 15 is 0 Å². The van der Waals surface area contributed by atoms with Gasteiger partial charge in [-0.15, -0.1) is 0 Å². The number of likely N-dealkylation sites (tertiary alicyclic amines) is 1. The lowest BCUT2D eigenvalue weighted by Gasteiger charge is -2.31. The molecule has 22 heavy (non-hydrogen) atoms. The molecule has 0 radical (unpaired) electrons. The molecule has 1 aromatic carbocycles. The number of rotatable bonds is 5. The average molecular weight is 318 g/mol. The highest BCUT2D eigenvalue weighted by Crippen LogP contribution is 2.16. The first-order valence-electron chi connectivity index (χ1n) is 7.70. The van der Waals surface area contributed by atoms with Crippen molar-refractivity contribution in [1.82, 2.24) is 14.9 Å². The van der Waals surface area contributed by atoms with Gasteiger partial charge in [0.25, 0.3) is 0 Å². The summed E-state index contributed by atoms with van der Waals surface area (Å²) in [6, 6.07) is 10.4. The van der Waals surface area contributed by atoms with E-state index < -0.39 is 0 Å². The average Bonchev–Trinajstić information content (AvgIpc) is 2.57. The monoisotopic (exact) mass is 317 g/mol. The van der Waals surface area contributed by atoms with E-state index in [4.69, 9.17) is 16.3 Å². The number of nitrogens with zero attached hydrogens (tertiary/aromatic N) is 3. The van der Waals surface area contributed by atoms with E-state index in [9.17, 15) is 0 Å². The van der Waals surface area contributed by atoms with Gasteiger partial charge in [0.1, 0.15) is 6.10 Å². The molecule has 0 N–H and O–H groups in total. The van der Waals surface area contributed by atoms with Crippen LogP contribution in [0.4, 0.5) is 0 Å². The van der Waals surface area contributed by atoms with Gasteiger partial charge < -0.3 is 9.64 Å². The number of hydrogen-bond donors (Lipinski definition) is 0. The van der Waals surface area contributed by atoms with Crippen LogP contribution in [0.3, 0.4) is 0 Å². The summed E-state index contributed by atoms with van der Waals surface area (Å²) in [4.78, 5) is 10.7. The zero-order valence-electron chi connectivity index (χ0n) is 12.5. The fourth-order valence-electron chi connectivity index (χ4n) is 2.68. The molecule has 1 aliphatic rings. The summed E-state index contributed by atoms with van der Waals surface area (Å²) in [5.74, 6) is 0. The van der Waals surface area contributed by atoms with Crippen molar-refractivity contribution in [2.24, 2.45) is 0 Å². The first-order chi connectivity index (χ1) is 10.8. The molecule has 116 valence electrons. The maximum Gasteiger partial charge on any atom is 0.316 e. The van der Waals surface area contributed by atoms with E-state index in [2.05, 4.69) is 27.0 Å². The zero-order valence-corrected chi connectivity index (χ0v) is 13.2. The molecule has 1 fully saturated rings. The summed E-state index contributed by atoms with van der Waals surface area (Å²) >= 11 is 5.91. The number of ether oxygens (including phenoxy) is 1. The van der Waals surface area contributed by atoms with Gasteiger partial charge >= 0.3 is 6.01 Å². The molecular formula is C17H20ClN3O. The van der Waals surface area contributed by atoms with Crippen LogP contribution in [0.1, 0.15) is 18.4 Å². The smallest absolute Gasteiger partial charge is 0.316 e. The summed E-state index contributed by atoms with van der Waals surface area (Å²) in [6.07, 6.45) is 6.77. The van der Waals surface area contributed by atoms with Crippen LogP contribution in [-0.2, 0) is 6.42 Å². The Hall–Kier alpha value is -1.65. The van der Waals surface area contributed by atoms with Crippen molar-refractivity contribution in [2.75, 3.05) is 19.6 Å². The van der Waals surface area contributed by atoms with E-state index in [1.165, 1.54) is 5.56 Å². The van der Waals surface area contributed by atoms with Crippen LogP contribution in [-0.4, -0.2) is 40.6 Å². The normalized spacial score (nSPS) is 16.6. The van der Waals surface area contributed by atoms with Crippen LogP contribution in [0.2, 0.25) is 5.02 Å². The van der Waals surface area contributed by atoms with Crippen molar-refractivity contribution in [3.05, 3.63) is 53.3 Å². The molecule has 1 aliphatic heterocycles. The molecule has 4 nitrogen and oxygen atoms in total. The predicted octanol–water partition coefficient (Wildman–Crippen LogP) is 3.22. The van der Waals surface area contributed by atoms with Gasteiger partial charge in [0, 0.05) is 37.1 Å². The van der Waals surface area contributed by atoms with Gasteiger partial charge in [-0.1, -0.05) is 23.7 Å². The Morgan fingerprint density at radius 1 is 1.09 bits per heavy atom. The largest absolute Gasteiger partial charge is 0.460 e. The Bertz CT molecular complexity index is 568. The maximum absolute atomic E-state index is 5.91. The fraction of sp³-hybridized carbons (Fsp3) is 0.412. The second-order valence-electron chi connectivity index (χ2n) is 5.57. The standard InChI is InChI=1S/C17H20ClN3O/c18-15-4-2-14(3-5-15)6-11-21-12-7-16(8-13-21)22-17-19-9-1-10-20-17/h1-5,9-10,16H,6-8,11-13H2. The Morgan fingerprint density at radius 2 is 1.77 bits per heavy atom. The van der Waals surface area contributed by atoms with Crippen LogP contribution < -0.4 is 4.74 Å². The molecule has 0 unspecified atom stereocenters. The molecule has 0 spiro atoms. The number of halogens is 1. The van der Waals surface area contributed by atoms with Crippen molar-refractivity contribution in [3.63, 3.8) is 0 Å². The third kappa shape index (κ3) is 4.42. The topological polar surface area (TPSA) is 38.2 Å². The molecule has 2 aromatic rings. The molecule has 2 heterocycles. The van der Waals surface area contributed by atoms with Gasteiger partial charge in [0.05, 0.1) is 0 Å². The van der Waals surface area contributed by atoms with Gasteiger partial charge in [-0.2, -0.15) is 0 Å². The first-order valence-corrected chi connectivity index (χ1v) is 8.08. The molecule has 1 aromatic heterocycles. The molecule has 3 rings (SSSR count). The van der Waals surface area contributed by atoms with Crippen LogP contribution >= 0.6 is 11.6 Å². The third-order valence-corrected chi connectivity index (χ3v) is 4.23. The quantitative estimate of drug-likeness (QED) is 0.848. The molecule has 1 saturated heterocycles. The molecular weight excluding hydrogens is 298 g/mol. The van der Waals surface area contributed by atoms with Crippen molar-refractivity contribution in [2.45, 2.75) is 25.4 Å². The fourth-order valence-corrected chi connectivity index (χ4v) is 2.81. The highest BCUT2D eigenvalue weighted by atomic mass is 35.5. The van der Waals surface area contributed by atoms with E-state index in [-0.39, 0.29) is 6.10 Å². The number of hydrogen-bond acceptors (Lipinski definition) is 4. The minimum Gasteiger partial charge on any atom is -0.460 e. The molecule has 0 bridgehead atoms. The third-order valence-electron chi connectivity index (χ3n) is 3.98. The lowest BCUT2D eigenvalue weighted by Crippen LogP contribution is -2.39. The lowest BCUT2D eigenvalue weighted by atomic mass is 10.1. The highest BCUT2D eigenvalue weighted by molar-refractivity contribution is 6.30. The van der Waals surface area contributed by atoms with Gasteiger partial charge in [0.15, 0.2) is 0 Å². The van der Waals surface area contributed by atoms with Gasteiger partial charge in [-0.05, 0) is 43.0 Å². The van der Waals surface area contributed by atoms with E-state index in [1.807, 2.05) is 12.1 Å². The lowest BCUT2D eigenvalue weighted by molar-refractivity contribution is 0.0933. The summed E-state index contributed by atoms with van der Waals surface area (Å²) < 4.78 is 5.82. The van der Waals surface area contributed by atoms with Crippen molar-refractivity contribution < 1.29 is 4.74 Å². The van der Waals surface area contributed by atoms with Crippen LogP contribution in [0.5, 0.6) is 6.01 Å². The Morgan fingerprint density at radius 3 is 2.45 bits per heavy atom. The van der Waals surface area contributed by atoms with Crippen molar-refractivity contribution >= 4 is 11.6 Å². The second-order valence-corrected chi connectivity index (χ2v) is 6.00. The first kappa shape index (κ1) is 15.3. The number of aromatic nitrogens is 2. The van der Waals surface area contributed by atoms with Crippen molar-refractivity contribution in [3.8, 4) is 6.01 Å². The van der Waals surface area contributed by atoms with Gasteiger partial charge in [-0.3, -0.25) is 0 Å².